The smallest absolute Gasteiger partial charge is 0.408 e. The van der Waals surface area contributed by atoms with Crippen LogP contribution in [0.1, 0.15) is 63.3 Å². The van der Waals surface area contributed by atoms with Crippen LogP contribution in [0.25, 0.3) is 0 Å². The van der Waals surface area contributed by atoms with Crippen molar-refractivity contribution in [3.63, 3.8) is 0 Å². The van der Waals surface area contributed by atoms with E-state index in [0.717, 1.165) is 22.3 Å². The number of aliphatic hydroxyl groups is 2. The van der Waals surface area contributed by atoms with Crippen LogP contribution < -0.4 is 21.3 Å². The second kappa shape index (κ2) is 23.0. The Morgan fingerprint density at radius 2 is 0.983 bits per heavy atom. The minimum atomic E-state index is -1.40. The molecule has 4 amide bonds. The Kier molecular flexibility index (Phi) is 17.9. The van der Waals surface area contributed by atoms with E-state index in [0.29, 0.717) is 0 Å². The lowest BCUT2D eigenvalue weighted by molar-refractivity contribution is -0.128. The molecule has 6 N–H and O–H groups in total. The van der Waals surface area contributed by atoms with E-state index < -0.39 is 66.8 Å². The monoisotopic (exact) mass is 808 g/mol. The van der Waals surface area contributed by atoms with Crippen molar-refractivity contribution in [3.8, 4) is 0 Å². The van der Waals surface area contributed by atoms with Gasteiger partial charge in [0, 0.05) is 12.0 Å². The van der Waals surface area contributed by atoms with E-state index in [-0.39, 0.29) is 43.8 Å². The fourth-order valence-corrected chi connectivity index (χ4v) is 6.79. The molecule has 0 bridgehead atoms. The highest BCUT2D eigenvalue weighted by Gasteiger charge is 2.38. The van der Waals surface area contributed by atoms with E-state index in [4.69, 9.17) is 9.47 Å². The molecule has 0 aliphatic rings. The first-order valence-electron chi connectivity index (χ1n) is 20.1. The fraction of sp³-hybridized carbons (Fsp3) is 0.404. The third-order valence-electron chi connectivity index (χ3n) is 9.90. The van der Waals surface area contributed by atoms with Gasteiger partial charge >= 0.3 is 12.2 Å². The molecule has 12 heteroatoms. The average molecular weight is 809 g/mol. The number of aliphatic hydroxyl groups excluding tert-OH is 2. The summed E-state index contributed by atoms with van der Waals surface area (Å²) in [4.78, 5) is 54.3. The molecule has 4 aromatic rings. The zero-order chi connectivity index (χ0) is 42.8. The zero-order valence-electron chi connectivity index (χ0n) is 34.7. The first-order chi connectivity index (χ1) is 28.2. The maximum absolute atomic E-state index is 14.3. The van der Waals surface area contributed by atoms with Gasteiger partial charge in [-0.25, -0.2) is 9.59 Å². The molecule has 0 saturated carbocycles. The van der Waals surface area contributed by atoms with Gasteiger partial charge in [-0.1, -0.05) is 156 Å². The van der Waals surface area contributed by atoms with E-state index in [1.807, 2.05) is 142 Å². The number of carbonyl (C=O) groups excluding carboxylic acids is 4. The number of ether oxygens (including phenoxy) is 2. The Labute approximate surface area is 348 Å². The molecule has 0 heterocycles. The van der Waals surface area contributed by atoms with Gasteiger partial charge in [-0.2, -0.15) is 0 Å². The minimum Gasteiger partial charge on any atom is -0.445 e. The van der Waals surface area contributed by atoms with Gasteiger partial charge in [0.1, 0.15) is 25.3 Å². The number of alkyl carbamates (subject to hydrolysis) is 2. The first kappa shape index (κ1) is 46.0. The van der Waals surface area contributed by atoms with Crippen LogP contribution in [-0.2, 0) is 45.1 Å². The van der Waals surface area contributed by atoms with Gasteiger partial charge < -0.3 is 41.0 Å². The topological polar surface area (TPSA) is 175 Å². The third-order valence-corrected chi connectivity index (χ3v) is 9.90. The van der Waals surface area contributed by atoms with Crippen molar-refractivity contribution >= 4 is 24.0 Å². The number of amides is 4. The highest BCUT2D eigenvalue weighted by Crippen LogP contribution is 2.24. The van der Waals surface area contributed by atoms with Crippen LogP contribution in [0.4, 0.5) is 9.59 Å². The van der Waals surface area contributed by atoms with E-state index in [9.17, 15) is 29.4 Å². The largest absolute Gasteiger partial charge is 0.445 e. The maximum Gasteiger partial charge on any atom is 0.408 e. The number of hydrogen-bond acceptors (Lipinski definition) is 8. The Hall–Kier alpha value is -5.72. The van der Waals surface area contributed by atoms with E-state index in [2.05, 4.69) is 21.3 Å². The molecular formula is C47H60N4O8. The molecule has 59 heavy (non-hydrogen) atoms. The molecule has 12 nitrogen and oxygen atoms in total. The Morgan fingerprint density at radius 3 is 1.41 bits per heavy atom. The lowest BCUT2D eigenvalue weighted by Gasteiger charge is -2.37. The minimum absolute atomic E-state index is 0.0160. The van der Waals surface area contributed by atoms with Gasteiger partial charge in [0.2, 0.25) is 11.8 Å². The SMILES string of the molecule is CC(C)[C@H](NC(=O)OCc1ccccc1)C(=O)N[C@@H](Cc1ccccc1)[C@H](O)[C@@H](CO)[C@H](Cc1ccccc1)NC(=O)[C@H](CC(C)(C)C)NC(=O)OCc1ccccc1. The van der Waals surface area contributed by atoms with Crippen LogP contribution in [0, 0.1) is 17.3 Å². The summed E-state index contributed by atoms with van der Waals surface area (Å²) in [5.41, 5.74) is 2.82. The Bertz CT molecular complexity index is 1870. The Morgan fingerprint density at radius 1 is 0.576 bits per heavy atom. The molecular weight excluding hydrogens is 749 g/mol. The highest BCUT2D eigenvalue weighted by molar-refractivity contribution is 5.87. The molecule has 0 saturated heterocycles. The normalized spacial score (nSPS) is 14.4. The number of nitrogens with one attached hydrogen (secondary N) is 4. The summed E-state index contributed by atoms with van der Waals surface area (Å²) in [6, 6.07) is 33.1. The lowest BCUT2D eigenvalue weighted by Crippen LogP contribution is -2.60. The summed E-state index contributed by atoms with van der Waals surface area (Å²) in [6.45, 7) is 8.89. The van der Waals surface area contributed by atoms with Crippen LogP contribution in [0.2, 0.25) is 0 Å². The molecule has 0 unspecified atom stereocenters. The summed E-state index contributed by atoms with van der Waals surface area (Å²) in [6.07, 6.45) is -2.30. The predicted octanol–water partition coefficient (Wildman–Crippen LogP) is 6.09. The van der Waals surface area contributed by atoms with Gasteiger partial charge in [0.15, 0.2) is 0 Å². The van der Waals surface area contributed by atoms with Crippen molar-refractivity contribution in [2.24, 2.45) is 17.3 Å². The first-order valence-corrected chi connectivity index (χ1v) is 20.1. The molecule has 316 valence electrons. The van der Waals surface area contributed by atoms with Gasteiger partial charge in [0.05, 0.1) is 18.8 Å². The standard InChI is InChI=1S/C47H60N4O8/c1-32(2)41(51-46(57)59-31-36-24-16-9-17-25-36)44(55)49-39(27-34-20-12-7-13-21-34)42(53)37(29-52)38(26-33-18-10-6-11-19-33)48-43(54)40(28-47(3,4)5)50-45(56)58-30-35-22-14-8-15-23-35/h6-25,32,37-42,52-53H,26-31H2,1-5H3,(H,48,54)(H,49,55)(H,50,56)(H,51,57)/t37-,38-,39-,40-,41-,42+/m0/s1. The summed E-state index contributed by atoms with van der Waals surface area (Å²) in [5, 5.41) is 34.7. The van der Waals surface area contributed by atoms with Gasteiger partial charge in [-0.15, -0.1) is 0 Å². The molecule has 0 aliphatic heterocycles. The van der Waals surface area contributed by atoms with E-state index >= 15 is 0 Å². The molecule has 0 fully saturated rings. The van der Waals surface area contributed by atoms with Crippen LogP contribution in [0.3, 0.4) is 0 Å². The molecule has 6 atom stereocenters. The van der Waals surface area contributed by atoms with Crippen LogP contribution in [0.5, 0.6) is 0 Å². The average Bonchev–Trinajstić information content (AvgIpc) is 3.21. The van der Waals surface area contributed by atoms with Crippen molar-refractivity contribution in [1.29, 1.82) is 0 Å². The van der Waals surface area contributed by atoms with Crippen molar-refractivity contribution in [1.82, 2.24) is 21.3 Å². The number of rotatable bonds is 20. The second-order valence-corrected chi connectivity index (χ2v) is 16.4. The van der Waals surface area contributed by atoms with Gasteiger partial charge in [-0.05, 0) is 52.8 Å². The molecule has 0 aliphatic carbocycles. The highest BCUT2D eigenvalue weighted by atomic mass is 16.6. The predicted molar refractivity (Wildman–Crippen MR) is 227 cm³/mol. The lowest BCUT2D eigenvalue weighted by atomic mass is 9.83. The molecule has 4 aromatic carbocycles. The second-order valence-electron chi connectivity index (χ2n) is 16.4. The van der Waals surface area contributed by atoms with E-state index in [1.165, 1.54) is 0 Å². The summed E-state index contributed by atoms with van der Waals surface area (Å²) in [7, 11) is 0. The van der Waals surface area contributed by atoms with E-state index in [1.54, 1.807) is 13.8 Å². The van der Waals surface area contributed by atoms with Crippen molar-refractivity contribution in [2.45, 2.75) is 97.4 Å². The molecule has 0 radical (unpaired) electrons. The third kappa shape index (κ3) is 15.9. The van der Waals surface area contributed by atoms with Crippen LogP contribution >= 0.6 is 0 Å². The Balaban J connectivity index is 1.59. The summed E-state index contributed by atoms with van der Waals surface area (Å²) >= 11 is 0. The van der Waals surface area contributed by atoms with Crippen molar-refractivity contribution in [3.05, 3.63) is 144 Å². The van der Waals surface area contributed by atoms with Crippen molar-refractivity contribution in [2.75, 3.05) is 6.61 Å². The van der Waals surface area contributed by atoms with Crippen LogP contribution in [0.15, 0.2) is 121 Å². The van der Waals surface area contributed by atoms with Gasteiger partial charge in [-0.3, -0.25) is 9.59 Å². The molecule has 0 aromatic heterocycles. The number of hydrogen-bond donors (Lipinski definition) is 6. The maximum atomic E-state index is 14.3. The molecule has 4 rings (SSSR count). The molecule has 0 spiro atoms. The summed E-state index contributed by atoms with van der Waals surface area (Å²) in [5.74, 6) is -2.45. The number of benzene rings is 4. The quantitative estimate of drug-likeness (QED) is 0.0622. The van der Waals surface area contributed by atoms with Crippen molar-refractivity contribution < 1.29 is 38.9 Å². The zero-order valence-corrected chi connectivity index (χ0v) is 34.7. The summed E-state index contributed by atoms with van der Waals surface area (Å²) < 4.78 is 10.9. The fourth-order valence-electron chi connectivity index (χ4n) is 6.79. The number of carbonyl (C=O) groups is 4. The van der Waals surface area contributed by atoms with Crippen LogP contribution in [-0.4, -0.2) is 71.1 Å². The van der Waals surface area contributed by atoms with Gasteiger partial charge in [0.25, 0.3) is 0 Å².